The summed E-state index contributed by atoms with van der Waals surface area (Å²) in [7, 11) is 0. The average molecular weight is 275 g/mol. The quantitative estimate of drug-likeness (QED) is 0.801. The molecule has 0 spiro atoms. The second-order valence-electron chi connectivity index (χ2n) is 6.06. The van der Waals surface area contributed by atoms with Crippen LogP contribution in [0.5, 0.6) is 0 Å². The van der Waals surface area contributed by atoms with Crippen LogP contribution in [0.3, 0.4) is 0 Å². The van der Waals surface area contributed by atoms with Gasteiger partial charge in [-0.05, 0) is 69.2 Å². The number of hydrogen-bond donors (Lipinski definition) is 1. The topological polar surface area (TPSA) is 21.3 Å². The smallest absolute Gasteiger partial charge is 0.0576 e. The second-order valence-corrected chi connectivity index (χ2v) is 6.06. The molecule has 2 nitrogen and oxygen atoms in total. The van der Waals surface area contributed by atoms with Crippen LogP contribution >= 0.6 is 0 Å². The van der Waals surface area contributed by atoms with Gasteiger partial charge in [-0.2, -0.15) is 0 Å². The summed E-state index contributed by atoms with van der Waals surface area (Å²) in [6.45, 7) is 8.66. The van der Waals surface area contributed by atoms with Crippen molar-refractivity contribution >= 4 is 0 Å². The molecule has 2 heteroatoms. The van der Waals surface area contributed by atoms with Gasteiger partial charge in [0.05, 0.1) is 6.10 Å². The van der Waals surface area contributed by atoms with Gasteiger partial charge in [-0.1, -0.05) is 25.1 Å². The summed E-state index contributed by atoms with van der Waals surface area (Å²) < 4.78 is 5.76. The van der Waals surface area contributed by atoms with Gasteiger partial charge in [0, 0.05) is 12.6 Å². The first-order chi connectivity index (χ1) is 9.70. The molecule has 0 bridgehead atoms. The van der Waals surface area contributed by atoms with Crippen LogP contribution in [-0.4, -0.2) is 19.3 Å². The summed E-state index contributed by atoms with van der Waals surface area (Å²) in [6, 6.07) is 7.35. The minimum Gasteiger partial charge on any atom is -0.378 e. The maximum atomic E-state index is 5.76. The van der Waals surface area contributed by atoms with E-state index >= 15 is 0 Å². The van der Waals surface area contributed by atoms with Crippen LogP contribution in [0.15, 0.2) is 18.2 Å². The third kappa shape index (κ3) is 4.32. The largest absolute Gasteiger partial charge is 0.378 e. The van der Waals surface area contributed by atoms with E-state index in [1.54, 1.807) is 0 Å². The third-order valence-corrected chi connectivity index (χ3v) is 4.38. The van der Waals surface area contributed by atoms with E-state index in [2.05, 4.69) is 44.3 Å². The summed E-state index contributed by atoms with van der Waals surface area (Å²) in [5, 5.41) is 3.70. The molecule has 112 valence electrons. The Kier molecular flexibility index (Phi) is 6.06. The van der Waals surface area contributed by atoms with E-state index in [0.717, 1.165) is 13.2 Å². The molecule has 1 aromatic rings. The van der Waals surface area contributed by atoms with Gasteiger partial charge in [-0.15, -0.1) is 0 Å². The van der Waals surface area contributed by atoms with E-state index in [4.69, 9.17) is 4.74 Å². The molecule has 2 unspecified atom stereocenters. The predicted molar refractivity (Wildman–Crippen MR) is 85.2 cm³/mol. The molecule has 1 aliphatic rings. The molecule has 2 rings (SSSR count). The first-order valence-corrected chi connectivity index (χ1v) is 8.13. The van der Waals surface area contributed by atoms with E-state index in [1.807, 2.05) is 0 Å². The minimum atomic E-state index is 0.471. The zero-order valence-corrected chi connectivity index (χ0v) is 13.2. The van der Waals surface area contributed by atoms with Gasteiger partial charge in [-0.25, -0.2) is 0 Å². The molecule has 20 heavy (non-hydrogen) atoms. The van der Waals surface area contributed by atoms with Crippen molar-refractivity contribution in [3.05, 3.63) is 34.9 Å². The van der Waals surface area contributed by atoms with E-state index in [0.29, 0.717) is 12.1 Å². The Hall–Kier alpha value is -0.860. The molecule has 0 aliphatic carbocycles. The summed E-state index contributed by atoms with van der Waals surface area (Å²) in [6.07, 6.45) is 6.50. The first kappa shape index (κ1) is 15.5. The normalized spacial score (nSPS) is 20.2. The van der Waals surface area contributed by atoms with E-state index < -0.39 is 0 Å². The molecule has 1 fully saturated rings. The summed E-state index contributed by atoms with van der Waals surface area (Å²) in [4.78, 5) is 0. The van der Waals surface area contributed by atoms with Crippen molar-refractivity contribution in [1.29, 1.82) is 0 Å². The highest BCUT2D eigenvalue weighted by molar-refractivity contribution is 5.31. The fourth-order valence-electron chi connectivity index (χ4n) is 2.91. The average Bonchev–Trinajstić information content (AvgIpc) is 2.95. The summed E-state index contributed by atoms with van der Waals surface area (Å²) >= 11 is 0. The highest BCUT2D eigenvalue weighted by Crippen LogP contribution is 2.25. The van der Waals surface area contributed by atoms with Crippen LogP contribution in [0.2, 0.25) is 0 Å². The van der Waals surface area contributed by atoms with Gasteiger partial charge >= 0.3 is 0 Å². The first-order valence-electron chi connectivity index (χ1n) is 8.13. The summed E-state index contributed by atoms with van der Waals surface area (Å²) in [5.74, 6) is 0. The van der Waals surface area contributed by atoms with E-state index in [9.17, 15) is 0 Å². The maximum Gasteiger partial charge on any atom is 0.0576 e. The highest BCUT2D eigenvalue weighted by atomic mass is 16.5. The molecule has 1 aliphatic heterocycles. The molecule has 1 N–H and O–H groups in total. The van der Waals surface area contributed by atoms with E-state index in [1.165, 1.54) is 48.8 Å². The van der Waals surface area contributed by atoms with Crippen molar-refractivity contribution in [2.24, 2.45) is 0 Å². The predicted octanol–water partition coefficient (Wildman–Crippen LogP) is 4.30. The monoisotopic (exact) mass is 275 g/mol. The van der Waals surface area contributed by atoms with Gasteiger partial charge in [-0.3, -0.25) is 0 Å². The van der Waals surface area contributed by atoms with Gasteiger partial charge in [0.1, 0.15) is 0 Å². The third-order valence-electron chi connectivity index (χ3n) is 4.38. The van der Waals surface area contributed by atoms with Crippen LogP contribution in [0.4, 0.5) is 0 Å². The zero-order chi connectivity index (χ0) is 14.4. The van der Waals surface area contributed by atoms with Crippen molar-refractivity contribution in [3.8, 4) is 0 Å². The molecule has 1 heterocycles. The van der Waals surface area contributed by atoms with Gasteiger partial charge in [0.2, 0.25) is 0 Å². The molecule has 1 saturated heterocycles. The number of hydrogen-bond acceptors (Lipinski definition) is 2. The fourth-order valence-corrected chi connectivity index (χ4v) is 2.91. The fraction of sp³-hybridized carbons (Fsp3) is 0.667. The lowest BCUT2D eigenvalue weighted by molar-refractivity contribution is 0.0996. The van der Waals surface area contributed by atoms with Crippen LogP contribution in [0.25, 0.3) is 0 Å². The maximum absolute atomic E-state index is 5.76. The Balaban J connectivity index is 1.99. The number of aryl methyl sites for hydroxylation is 2. The standard InChI is InChI=1S/C18H29NO/c1-4-11-19-18(10-9-17-6-5-12-20-17)16-8-7-14(2)15(3)13-16/h7-8,13,17-19H,4-6,9-12H2,1-3H3. The van der Waals surface area contributed by atoms with Crippen molar-refractivity contribution in [2.75, 3.05) is 13.2 Å². The zero-order valence-electron chi connectivity index (χ0n) is 13.2. The van der Waals surface area contributed by atoms with Crippen LogP contribution < -0.4 is 5.32 Å². The molecular formula is C18H29NO. The Morgan fingerprint density at radius 1 is 1.30 bits per heavy atom. The van der Waals surface area contributed by atoms with Gasteiger partial charge < -0.3 is 10.1 Å². The number of rotatable bonds is 7. The number of ether oxygens (including phenoxy) is 1. The molecule has 2 atom stereocenters. The van der Waals surface area contributed by atoms with Crippen molar-refractivity contribution in [3.63, 3.8) is 0 Å². The van der Waals surface area contributed by atoms with Crippen LogP contribution in [0.1, 0.15) is 61.8 Å². The lowest BCUT2D eigenvalue weighted by Crippen LogP contribution is -2.23. The summed E-state index contributed by atoms with van der Waals surface area (Å²) in [5.41, 5.74) is 4.20. The molecule has 0 amide bonds. The minimum absolute atomic E-state index is 0.471. The Morgan fingerprint density at radius 2 is 2.15 bits per heavy atom. The van der Waals surface area contributed by atoms with Gasteiger partial charge in [0.15, 0.2) is 0 Å². The number of nitrogens with one attached hydrogen (secondary N) is 1. The molecule has 0 radical (unpaired) electrons. The van der Waals surface area contributed by atoms with Crippen molar-refractivity contribution in [2.45, 2.75) is 65.0 Å². The highest BCUT2D eigenvalue weighted by Gasteiger charge is 2.18. The van der Waals surface area contributed by atoms with Gasteiger partial charge in [0.25, 0.3) is 0 Å². The molecule has 1 aromatic carbocycles. The molecule has 0 aromatic heterocycles. The van der Waals surface area contributed by atoms with E-state index in [-0.39, 0.29) is 0 Å². The SMILES string of the molecule is CCCNC(CCC1CCCO1)c1ccc(C)c(C)c1. The van der Waals surface area contributed by atoms with Crippen molar-refractivity contribution < 1.29 is 4.74 Å². The number of benzene rings is 1. The Bertz CT molecular complexity index is 410. The Labute approximate surface area is 123 Å². The van der Waals surface area contributed by atoms with Crippen LogP contribution in [0, 0.1) is 13.8 Å². The molecular weight excluding hydrogens is 246 g/mol. The molecule has 0 saturated carbocycles. The lowest BCUT2D eigenvalue weighted by Gasteiger charge is -2.21. The second kappa shape index (κ2) is 7.80. The lowest BCUT2D eigenvalue weighted by atomic mass is 9.96. The Morgan fingerprint density at radius 3 is 2.80 bits per heavy atom. The van der Waals surface area contributed by atoms with Crippen LogP contribution in [-0.2, 0) is 4.74 Å². The van der Waals surface area contributed by atoms with Crippen molar-refractivity contribution in [1.82, 2.24) is 5.32 Å².